The quantitative estimate of drug-likeness (QED) is 0.389. The predicted octanol–water partition coefficient (Wildman–Crippen LogP) is 0.800. The van der Waals surface area contributed by atoms with Crippen LogP contribution in [-0.4, -0.2) is 24.9 Å². The highest BCUT2D eigenvalue weighted by Crippen LogP contribution is 2.18. The molecule has 0 bridgehead atoms. The third kappa shape index (κ3) is 3.57. The van der Waals surface area contributed by atoms with Gasteiger partial charge in [0.1, 0.15) is 0 Å². The van der Waals surface area contributed by atoms with Crippen LogP contribution >= 0.6 is 0 Å². The van der Waals surface area contributed by atoms with Gasteiger partial charge in [-0.15, -0.1) is 0 Å². The van der Waals surface area contributed by atoms with Crippen molar-refractivity contribution in [1.29, 1.82) is 0 Å². The zero-order valence-corrected chi connectivity index (χ0v) is 8.60. The summed E-state index contributed by atoms with van der Waals surface area (Å²) in [5, 5.41) is 8.53. The predicted molar refractivity (Wildman–Crippen MR) is 58.2 cm³/mol. The molecule has 1 aromatic rings. The highest BCUT2D eigenvalue weighted by molar-refractivity contribution is 5.80. The van der Waals surface area contributed by atoms with Gasteiger partial charge in [-0.1, -0.05) is 18.2 Å². The Balaban J connectivity index is 2.86. The van der Waals surface area contributed by atoms with Crippen molar-refractivity contribution in [2.24, 2.45) is 10.7 Å². The van der Waals surface area contributed by atoms with Gasteiger partial charge >= 0.3 is 0 Å². The van der Waals surface area contributed by atoms with Gasteiger partial charge in [-0.2, -0.15) is 0 Å². The van der Waals surface area contributed by atoms with E-state index in [-0.39, 0.29) is 5.96 Å². The summed E-state index contributed by atoms with van der Waals surface area (Å²) in [6.07, 6.45) is 0.759. The lowest BCUT2D eigenvalue weighted by atomic mass is 10.1. The average molecular weight is 209 g/mol. The van der Waals surface area contributed by atoms with Crippen molar-refractivity contribution in [3.05, 3.63) is 29.8 Å². The summed E-state index contributed by atoms with van der Waals surface area (Å²) < 4.78 is 4.99. The van der Waals surface area contributed by atoms with Gasteiger partial charge in [0, 0.05) is 7.11 Å². The van der Waals surface area contributed by atoms with E-state index in [2.05, 4.69) is 4.99 Å². The summed E-state index contributed by atoms with van der Waals surface area (Å²) in [4.78, 5) is 4.01. The number of aliphatic imine (C=N–C) groups is 1. The first kappa shape index (κ1) is 11.5. The molecule has 0 radical (unpaired) electrons. The summed E-state index contributed by atoms with van der Waals surface area (Å²) >= 11 is 0. The molecule has 0 unspecified atom stereocenters. The van der Waals surface area contributed by atoms with E-state index in [0.717, 1.165) is 17.7 Å². The summed E-state index contributed by atoms with van der Waals surface area (Å²) in [7, 11) is 1.65. The SMILES string of the molecule is COCCc1ccccc1N=C(N)NO. The Bertz CT molecular complexity index is 339. The highest BCUT2D eigenvalue weighted by Gasteiger charge is 2.00. The summed E-state index contributed by atoms with van der Waals surface area (Å²) in [6, 6.07) is 7.56. The number of methoxy groups -OCH3 is 1. The monoisotopic (exact) mass is 209 g/mol. The van der Waals surface area contributed by atoms with Crippen LogP contribution in [0.1, 0.15) is 5.56 Å². The maximum Gasteiger partial charge on any atom is 0.218 e. The van der Waals surface area contributed by atoms with E-state index < -0.39 is 0 Å². The Morgan fingerprint density at radius 3 is 2.93 bits per heavy atom. The van der Waals surface area contributed by atoms with Crippen LogP contribution in [0.5, 0.6) is 0 Å². The second kappa shape index (κ2) is 6.00. The molecule has 1 rings (SSSR count). The van der Waals surface area contributed by atoms with Gasteiger partial charge in [-0.05, 0) is 18.1 Å². The van der Waals surface area contributed by atoms with Crippen molar-refractivity contribution < 1.29 is 9.94 Å². The van der Waals surface area contributed by atoms with Crippen molar-refractivity contribution in [1.82, 2.24) is 5.48 Å². The van der Waals surface area contributed by atoms with Crippen LogP contribution in [-0.2, 0) is 11.2 Å². The van der Waals surface area contributed by atoms with Gasteiger partial charge in [-0.25, -0.2) is 10.5 Å². The Kier molecular flexibility index (Phi) is 4.59. The molecule has 5 nitrogen and oxygen atoms in total. The maximum atomic E-state index is 8.53. The lowest BCUT2D eigenvalue weighted by molar-refractivity contribution is 0.202. The number of nitrogens with zero attached hydrogens (tertiary/aromatic N) is 1. The first-order valence-corrected chi connectivity index (χ1v) is 4.59. The van der Waals surface area contributed by atoms with Crippen molar-refractivity contribution in [2.45, 2.75) is 6.42 Å². The molecule has 0 heterocycles. The topological polar surface area (TPSA) is 79.9 Å². The van der Waals surface area contributed by atoms with Crippen LogP contribution in [0.2, 0.25) is 0 Å². The lowest BCUT2D eigenvalue weighted by Crippen LogP contribution is -2.27. The molecule has 4 N–H and O–H groups in total. The molecule has 15 heavy (non-hydrogen) atoms. The van der Waals surface area contributed by atoms with Crippen LogP contribution < -0.4 is 11.2 Å². The molecule has 0 aromatic heterocycles. The van der Waals surface area contributed by atoms with E-state index >= 15 is 0 Å². The smallest absolute Gasteiger partial charge is 0.218 e. The zero-order chi connectivity index (χ0) is 11.1. The van der Waals surface area contributed by atoms with Gasteiger partial charge in [0.05, 0.1) is 12.3 Å². The first-order chi connectivity index (χ1) is 7.27. The van der Waals surface area contributed by atoms with Crippen molar-refractivity contribution in [2.75, 3.05) is 13.7 Å². The number of nitrogens with two attached hydrogens (primary N) is 1. The van der Waals surface area contributed by atoms with Gasteiger partial charge in [0.25, 0.3) is 0 Å². The Labute approximate surface area is 88.5 Å². The second-order valence-corrected chi connectivity index (χ2v) is 2.98. The minimum Gasteiger partial charge on any atom is -0.384 e. The third-order valence-corrected chi connectivity index (χ3v) is 1.92. The molecule has 0 saturated heterocycles. The van der Waals surface area contributed by atoms with Crippen LogP contribution in [0.25, 0.3) is 0 Å². The fourth-order valence-corrected chi connectivity index (χ4v) is 1.20. The van der Waals surface area contributed by atoms with Gasteiger partial charge in [-0.3, -0.25) is 5.21 Å². The molecule has 82 valence electrons. The van der Waals surface area contributed by atoms with Gasteiger partial charge in [0.15, 0.2) is 0 Å². The van der Waals surface area contributed by atoms with Crippen LogP contribution in [0.15, 0.2) is 29.3 Å². The van der Waals surface area contributed by atoms with Crippen molar-refractivity contribution >= 4 is 11.6 Å². The third-order valence-electron chi connectivity index (χ3n) is 1.92. The normalized spacial score (nSPS) is 11.5. The van der Waals surface area contributed by atoms with Crippen LogP contribution in [0, 0.1) is 0 Å². The van der Waals surface area contributed by atoms with E-state index in [1.54, 1.807) is 12.6 Å². The molecule has 1 aromatic carbocycles. The minimum atomic E-state index is -0.0279. The number of benzene rings is 1. The number of hydrogen-bond donors (Lipinski definition) is 3. The van der Waals surface area contributed by atoms with Crippen LogP contribution in [0.4, 0.5) is 5.69 Å². The van der Waals surface area contributed by atoms with E-state index in [4.69, 9.17) is 15.7 Å². The van der Waals surface area contributed by atoms with E-state index in [1.165, 1.54) is 0 Å². The number of ether oxygens (including phenoxy) is 1. The molecule has 0 amide bonds. The number of hydrogen-bond acceptors (Lipinski definition) is 3. The fraction of sp³-hybridized carbons (Fsp3) is 0.300. The first-order valence-electron chi connectivity index (χ1n) is 4.59. The Morgan fingerprint density at radius 2 is 2.27 bits per heavy atom. The molecule has 0 atom stereocenters. The van der Waals surface area contributed by atoms with E-state index in [1.807, 2.05) is 24.3 Å². The van der Waals surface area contributed by atoms with E-state index in [9.17, 15) is 0 Å². The van der Waals surface area contributed by atoms with E-state index in [0.29, 0.717) is 6.61 Å². The summed E-state index contributed by atoms with van der Waals surface area (Å²) in [6.45, 7) is 0.624. The van der Waals surface area contributed by atoms with Crippen molar-refractivity contribution in [3.8, 4) is 0 Å². The number of para-hydroxylation sites is 1. The number of guanidine groups is 1. The molecule has 0 saturated carbocycles. The summed E-state index contributed by atoms with van der Waals surface area (Å²) in [5.41, 5.74) is 8.91. The summed E-state index contributed by atoms with van der Waals surface area (Å²) in [5.74, 6) is -0.0279. The maximum absolute atomic E-state index is 8.53. The number of rotatable bonds is 4. The second-order valence-electron chi connectivity index (χ2n) is 2.98. The van der Waals surface area contributed by atoms with Gasteiger partial charge in [0.2, 0.25) is 5.96 Å². The molecule has 0 aliphatic heterocycles. The van der Waals surface area contributed by atoms with Gasteiger partial charge < -0.3 is 10.5 Å². The molecular formula is C10H15N3O2. The molecule has 0 fully saturated rings. The molecule has 0 aliphatic rings. The van der Waals surface area contributed by atoms with Crippen LogP contribution in [0.3, 0.4) is 0 Å². The molecule has 0 aliphatic carbocycles. The number of nitrogens with one attached hydrogen (secondary N) is 1. The van der Waals surface area contributed by atoms with Crippen molar-refractivity contribution in [3.63, 3.8) is 0 Å². The highest BCUT2D eigenvalue weighted by atomic mass is 16.5. The zero-order valence-electron chi connectivity index (χ0n) is 8.60. The molecule has 0 spiro atoms. The standard InChI is InChI=1S/C10H15N3O2/c1-15-7-6-8-4-2-3-5-9(8)12-10(11)13-14/h2-5,14H,6-7H2,1H3,(H3,11,12,13). The lowest BCUT2D eigenvalue weighted by Gasteiger charge is -2.05. The largest absolute Gasteiger partial charge is 0.384 e. The molecule has 5 heteroatoms. The fourth-order valence-electron chi connectivity index (χ4n) is 1.20. The number of hydroxylamine groups is 1. The minimum absolute atomic E-state index is 0.0279. The Hall–Kier alpha value is -1.59. The average Bonchev–Trinajstić information content (AvgIpc) is 2.28. The Morgan fingerprint density at radius 1 is 1.53 bits per heavy atom. The molecular weight excluding hydrogens is 194 g/mol.